The number of nitrogens with two attached hydrogens (primary N) is 1. The zero-order valence-corrected chi connectivity index (χ0v) is 15.3. The summed E-state index contributed by atoms with van der Waals surface area (Å²) in [7, 11) is 2.19. The molecule has 0 aliphatic carbocycles. The Labute approximate surface area is 144 Å². The van der Waals surface area contributed by atoms with Gasteiger partial charge in [0.15, 0.2) is 0 Å². The number of piperidine rings is 2. The minimum Gasteiger partial charge on any atom is -0.487 e. The Kier molecular flexibility index (Phi) is 12.4. The van der Waals surface area contributed by atoms with Crippen LogP contribution in [-0.2, 0) is 0 Å². The quantitative estimate of drug-likeness (QED) is 0.535. The largest absolute Gasteiger partial charge is 0.487 e. The predicted octanol–water partition coefficient (Wildman–Crippen LogP) is 2.10. The highest BCUT2D eigenvalue weighted by Gasteiger charge is 2.17. The first-order valence-corrected chi connectivity index (χ1v) is 8.57. The zero-order chi connectivity index (χ0) is 17.0. The highest BCUT2D eigenvalue weighted by Crippen LogP contribution is 2.13. The first kappa shape index (κ1) is 21.3. The molecule has 0 aromatic heterocycles. The molecule has 0 bridgehead atoms. The number of nitrogens with zero attached hydrogens (tertiary/aromatic N) is 2. The molecule has 130 valence electrons. The number of thiocarbonyl (C=S) groups is 2. The molecule has 8 heteroatoms. The number of aliphatic hydroxyl groups is 2. The SMILES string of the molecule is CC1CCCCN1NC(O)=S.CN1CCCCC1.NC(O)=S. The number of likely N-dealkylation sites (tertiary alicyclic amines) is 1. The molecule has 0 spiro atoms. The maximum Gasteiger partial charge on any atom is 0.269 e. The normalized spacial score (nSPS) is 22.4. The summed E-state index contributed by atoms with van der Waals surface area (Å²) in [6.45, 7) is 5.74. The maximum atomic E-state index is 8.80. The molecular formula is C14H30N4O2S2. The van der Waals surface area contributed by atoms with Crippen molar-refractivity contribution in [3.05, 3.63) is 0 Å². The Morgan fingerprint density at radius 2 is 1.55 bits per heavy atom. The fourth-order valence-electron chi connectivity index (χ4n) is 2.44. The molecular weight excluding hydrogens is 320 g/mol. The van der Waals surface area contributed by atoms with Crippen LogP contribution < -0.4 is 11.2 Å². The summed E-state index contributed by atoms with van der Waals surface area (Å²) < 4.78 is 0. The highest BCUT2D eigenvalue weighted by molar-refractivity contribution is 7.80. The van der Waals surface area contributed by atoms with Crippen LogP contribution in [0.5, 0.6) is 0 Å². The van der Waals surface area contributed by atoms with Crippen molar-refractivity contribution >= 4 is 34.8 Å². The van der Waals surface area contributed by atoms with Gasteiger partial charge in [0.1, 0.15) is 0 Å². The van der Waals surface area contributed by atoms with Crippen LogP contribution in [0.25, 0.3) is 0 Å². The van der Waals surface area contributed by atoms with E-state index in [4.69, 9.17) is 10.2 Å². The Hall–Kier alpha value is -0.700. The molecule has 1 atom stereocenters. The molecule has 0 aromatic carbocycles. The van der Waals surface area contributed by atoms with E-state index in [9.17, 15) is 0 Å². The van der Waals surface area contributed by atoms with Crippen molar-refractivity contribution in [3.63, 3.8) is 0 Å². The summed E-state index contributed by atoms with van der Waals surface area (Å²) in [6, 6.07) is 0.480. The van der Waals surface area contributed by atoms with Crippen LogP contribution in [0.15, 0.2) is 0 Å². The van der Waals surface area contributed by atoms with Crippen molar-refractivity contribution in [2.45, 2.75) is 51.5 Å². The second-order valence-electron chi connectivity index (χ2n) is 5.66. The standard InChI is InChI=1S/C7H14N2OS.C6H13N.CH3NOS/c1-6-4-2-3-5-9(6)8-7(10)11;1-7-5-3-2-4-6-7;2-1(3)4/h6H,2-5H2,1H3,(H2,8,10,11);2-6H2,1H3;(H3,2,3,4). The van der Waals surface area contributed by atoms with Crippen LogP contribution in [0, 0.1) is 0 Å². The van der Waals surface area contributed by atoms with Gasteiger partial charge in [-0.25, -0.2) is 5.01 Å². The third kappa shape index (κ3) is 13.0. The fraction of sp³-hybridized carbons (Fsp3) is 0.857. The van der Waals surface area contributed by atoms with E-state index in [1.807, 2.05) is 5.01 Å². The Morgan fingerprint density at radius 3 is 1.91 bits per heavy atom. The smallest absolute Gasteiger partial charge is 0.269 e. The number of nitrogens with one attached hydrogen (secondary N) is 1. The van der Waals surface area contributed by atoms with Crippen molar-refractivity contribution < 1.29 is 10.2 Å². The molecule has 2 heterocycles. The van der Waals surface area contributed by atoms with Crippen LogP contribution in [0.2, 0.25) is 0 Å². The van der Waals surface area contributed by atoms with Crippen molar-refractivity contribution in [2.75, 3.05) is 26.7 Å². The van der Waals surface area contributed by atoms with Gasteiger partial charge in [0.2, 0.25) is 0 Å². The maximum absolute atomic E-state index is 8.80. The van der Waals surface area contributed by atoms with E-state index < -0.39 is 5.17 Å². The summed E-state index contributed by atoms with van der Waals surface area (Å²) in [6.07, 6.45) is 7.91. The van der Waals surface area contributed by atoms with Gasteiger partial charge in [-0.15, -0.1) is 0 Å². The van der Waals surface area contributed by atoms with Crippen molar-refractivity contribution in [2.24, 2.45) is 5.73 Å². The Balaban J connectivity index is 0.000000343. The van der Waals surface area contributed by atoms with Gasteiger partial charge in [0.05, 0.1) is 0 Å². The van der Waals surface area contributed by atoms with Crippen LogP contribution in [0.1, 0.15) is 45.4 Å². The van der Waals surface area contributed by atoms with Gasteiger partial charge in [0.25, 0.3) is 10.3 Å². The molecule has 6 nitrogen and oxygen atoms in total. The lowest BCUT2D eigenvalue weighted by molar-refractivity contribution is 0.122. The van der Waals surface area contributed by atoms with E-state index in [0.29, 0.717) is 6.04 Å². The van der Waals surface area contributed by atoms with E-state index >= 15 is 0 Å². The Bertz CT molecular complexity index is 322. The number of hydrazine groups is 1. The molecule has 5 N–H and O–H groups in total. The lowest BCUT2D eigenvalue weighted by atomic mass is 10.1. The molecule has 0 amide bonds. The average Bonchev–Trinajstić information content (AvgIpc) is 2.42. The van der Waals surface area contributed by atoms with Gasteiger partial charge < -0.3 is 20.8 Å². The zero-order valence-electron chi connectivity index (χ0n) is 13.6. The number of hydrogen-bond donors (Lipinski definition) is 4. The lowest BCUT2D eigenvalue weighted by Gasteiger charge is -2.32. The molecule has 0 saturated carbocycles. The van der Waals surface area contributed by atoms with Gasteiger partial charge in [-0.3, -0.25) is 5.43 Å². The molecule has 1 unspecified atom stereocenters. The van der Waals surface area contributed by atoms with Gasteiger partial charge in [-0.05, 0) is 77.2 Å². The fourth-order valence-corrected chi connectivity index (χ4v) is 2.56. The summed E-state index contributed by atoms with van der Waals surface area (Å²) in [4.78, 5) is 2.39. The third-order valence-electron chi connectivity index (χ3n) is 3.62. The lowest BCUT2D eigenvalue weighted by Crippen LogP contribution is -2.49. The highest BCUT2D eigenvalue weighted by atomic mass is 32.1. The van der Waals surface area contributed by atoms with E-state index in [1.54, 1.807) is 0 Å². The number of aliphatic hydroxyl groups excluding tert-OH is 2. The van der Waals surface area contributed by atoms with E-state index in [2.05, 4.69) is 54.5 Å². The molecule has 2 rings (SSSR count). The second-order valence-corrected chi connectivity index (χ2v) is 6.46. The molecule has 2 aliphatic heterocycles. The van der Waals surface area contributed by atoms with Gasteiger partial charge in [-0.2, -0.15) is 0 Å². The Morgan fingerprint density at radius 1 is 1.05 bits per heavy atom. The van der Waals surface area contributed by atoms with Crippen LogP contribution in [0.3, 0.4) is 0 Å². The number of rotatable bonds is 1. The van der Waals surface area contributed by atoms with Gasteiger partial charge in [0, 0.05) is 12.6 Å². The molecule has 0 radical (unpaired) electrons. The first-order valence-electron chi connectivity index (χ1n) is 7.76. The molecule has 2 saturated heterocycles. The first-order chi connectivity index (χ1) is 10.3. The summed E-state index contributed by atoms with van der Waals surface area (Å²) in [5.41, 5.74) is 7.15. The van der Waals surface area contributed by atoms with Gasteiger partial charge in [-0.1, -0.05) is 12.8 Å². The summed E-state index contributed by atoms with van der Waals surface area (Å²) in [5, 5.41) is 17.7. The van der Waals surface area contributed by atoms with Gasteiger partial charge >= 0.3 is 0 Å². The minimum absolute atomic E-state index is 0.126. The van der Waals surface area contributed by atoms with Crippen LogP contribution >= 0.6 is 24.4 Å². The third-order valence-corrected chi connectivity index (χ3v) is 3.71. The molecule has 2 aliphatic rings. The van der Waals surface area contributed by atoms with Crippen molar-refractivity contribution in [1.82, 2.24) is 15.3 Å². The van der Waals surface area contributed by atoms with Crippen molar-refractivity contribution in [1.29, 1.82) is 0 Å². The van der Waals surface area contributed by atoms with E-state index in [0.717, 1.165) is 6.54 Å². The van der Waals surface area contributed by atoms with Crippen LogP contribution in [0.4, 0.5) is 0 Å². The number of hydrogen-bond acceptors (Lipinski definition) is 4. The predicted molar refractivity (Wildman–Crippen MR) is 99.1 cm³/mol. The summed E-state index contributed by atoms with van der Waals surface area (Å²) >= 11 is 8.40. The van der Waals surface area contributed by atoms with E-state index in [1.165, 1.54) is 51.6 Å². The van der Waals surface area contributed by atoms with E-state index in [-0.39, 0.29) is 5.17 Å². The van der Waals surface area contributed by atoms with Crippen molar-refractivity contribution in [3.8, 4) is 0 Å². The molecule has 2 fully saturated rings. The van der Waals surface area contributed by atoms with Crippen LogP contribution in [-0.4, -0.2) is 63.2 Å². The minimum atomic E-state index is -0.500. The molecule has 22 heavy (non-hydrogen) atoms. The second kappa shape index (κ2) is 12.8. The monoisotopic (exact) mass is 350 g/mol. The summed E-state index contributed by atoms with van der Waals surface area (Å²) in [5.74, 6) is 0. The average molecular weight is 351 g/mol. The molecule has 0 aromatic rings. The topological polar surface area (TPSA) is 85.0 Å².